The summed E-state index contributed by atoms with van der Waals surface area (Å²) < 4.78 is 13.3. The SMILES string of the molecule is Cc1c(-c2nc3s/c(=C\c4ccc(-c5ccccc5[N+](=O)[O-])o4)c(=O)n3n2)oc2ccccc12. The molecule has 166 valence electrons. The lowest BCUT2D eigenvalue weighted by Gasteiger charge is -1.98. The maximum Gasteiger partial charge on any atom is 0.291 e. The fourth-order valence-corrected chi connectivity index (χ4v) is 4.75. The molecule has 0 saturated heterocycles. The predicted octanol–water partition coefficient (Wildman–Crippen LogP) is 4.59. The Morgan fingerprint density at radius 1 is 1.06 bits per heavy atom. The van der Waals surface area contributed by atoms with E-state index in [1.165, 1.54) is 21.9 Å². The van der Waals surface area contributed by atoms with Gasteiger partial charge in [0.15, 0.2) is 5.76 Å². The molecule has 34 heavy (non-hydrogen) atoms. The van der Waals surface area contributed by atoms with Gasteiger partial charge in [-0.15, -0.1) is 5.10 Å². The van der Waals surface area contributed by atoms with Gasteiger partial charge in [0, 0.05) is 23.1 Å². The summed E-state index contributed by atoms with van der Waals surface area (Å²) in [5, 5.41) is 16.6. The van der Waals surface area contributed by atoms with Crippen LogP contribution in [-0.4, -0.2) is 19.5 Å². The number of rotatable bonds is 4. The van der Waals surface area contributed by atoms with Crippen LogP contribution in [0.4, 0.5) is 5.69 Å². The number of nitrogens with zero attached hydrogens (tertiary/aromatic N) is 4. The van der Waals surface area contributed by atoms with Gasteiger partial charge in [0.2, 0.25) is 10.8 Å². The number of benzene rings is 2. The first kappa shape index (κ1) is 20.1. The van der Waals surface area contributed by atoms with Crippen LogP contribution in [0, 0.1) is 17.0 Å². The second kappa shape index (κ2) is 7.49. The van der Waals surface area contributed by atoms with E-state index in [1.807, 2.05) is 31.2 Å². The minimum Gasteiger partial charge on any atom is -0.456 e. The third-order valence-corrected chi connectivity index (χ3v) is 6.45. The highest BCUT2D eigenvalue weighted by Gasteiger charge is 2.20. The van der Waals surface area contributed by atoms with Crippen molar-refractivity contribution >= 4 is 39.0 Å². The zero-order chi connectivity index (χ0) is 23.4. The van der Waals surface area contributed by atoms with Gasteiger partial charge in [0.1, 0.15) is 21.6 Å². The van der Waals surface area contributed by atoms with Crippen LogP contribution in [0.1, 0.15) is 11.3 Å². The molecule has 0 aliphatic carbocycles. The lowest BCUT2D eigenvalue weighted by Crippen LogP contribution is -2.23. The Hall–Kier alpha value is -4.57. The van der Waals surface area contributed by atoms with E-state index in [1.54, 1.807) is 36.4 Å². The predicted molar refractivity (Wildman–Crippen MR) is 127 cm³/mol. The summed E-state index contributed by atoms with van der Waals surface area (Å²) in [5.74, 6) is 1.61. The number of furan rings is 2. The van der Waals surface area contributed by atoms with Crippen LogP contribution in [0.2, 0.25) is 0 Å². The molecule has 0 amide bonds. The summed E-state index contributed by atoms with van der Waals surface area (Å²) in [6.45, 7) is 1.93. The van der Waals surface area contributed by atoms with Gasteiger partial charge in [-0.25, -0.2) is 0 Å². The molecule has 0 aliphatic rings. The number of para-hydroxylation sites is 2. The van der Waals surface area contributed by atoms with E-state index in [0.29, 0.717) is 38.2 Å². The molecule has 0 fully saturated rings. The smallest absolute Gasteiger partial charge is 0.291 e. The molecule has 6 aromatic rings. The fourth-order valence-electron chi connectivity index (χ4n) is 3.86. The third-order valence-electron chi connectivity index (χ3n) is 5.49. The van der Waals surface area contributed by atoms with Gasteiger partial charge in [-0.1, -0.05) is 41.7 Å². The van der Waals surface area contributed by atoms with Gasteiger partial charge in [-0.05, 0) is 31.2 Å². The second-order valence-corrected chi connectivity index (χ2v) is 8.58. The number of fused-ring (bicyclic) bond motifs is 2. The van der Waals surface area contributed by atoms with Gasteiger partial charge in [0.25, 0.3) is 11.2 Å². The molecule has 2 aromatic carbocycles. The largest absolute Gasteiger partial charge is 0.456 e. The van der Waals surface area contributed by atoms with Crippen LogP contribution in [-0.2, 0) is 0 Å². The van der Waals surface area contributed by atoms with Crippen LogP contribution >= 0.6 is 11.3 Å². The number of hydrogen-bond acceptors (Lipinski definition) is 8. The first-order valence-electron chi connectivity index (χ1n) is 10.2. The summed E-state index contributed by atoms with van der Waals surface area (Å²) in [6.07, 6.45) is 1.58. The van der Waals surface area contributed by atoms with Gasteiger partial charge >= 0.3 is 0 Å². The molecule has 0 aliphatic heterocycles. The van der Waals surface area contributed by atoms with Crippen molar-refractivity contribution < 1.29 is 13.8 Å². The molecule has 0 N–H and O–H groups in total. The molecule has 4 heterocycles. The minimum atomic E-state index is -0.460. The Balaban J connectivity index is 1.39. The molecule has 0 atom stereocenters. The second-order valence-electron chi connectivity index (χ2n) is 7.57. The lowest BCUT2D eigenvalue weighted by atomic mass is 10.1. The zero-order valence-corrected chi connectivity index (χ0v) is 18.4. The monoisotopic (exact) mass is 470 g/mol. The Morgan fingerprint density at radius 2 is 1.85 bits per heavy atom. The van der Waals surface area contributed by atoms with E-state index in [2.05, 4.69) is 10.1 Å². The van der Waals surface area contributed by atoms with Gasteiger partial charge < -0.3 is 8.83 Å². The van der Waals surface area contributed by atoms with Gasteiger partial charge in [-0.3, -0.25) is 14.9 Å². The summed E-state index contributed by atoms with van der Waals surface area (Å²) in [7, 11) is 0. The maximum absolute atomic E-state index is 12.9. The van der Waals surface area contributed by atoms with E-state index in [9.17, 15) is 14.9 Å². The Kier molecular flexibility index (Phi) is 4.42. The molecular weight excluding hydrogens is 456 g/mol. The van der Waals surface area contributed by atoms with Crippen LogP contribution < -0.4 is 10.1 Å². The molecule has 9 nitrogen and oxygen atoms in total. The Morgan fingerprint density at radius 3 is 2.65 bits per heavy atom. The molecule has 0 spiro atoms. The highest BCUT2D eigenvalue weighted by atomic mass is 32.1. The lowest BCUT2D eigenvalue weighted by molar-refractivity contribution is -0.384. The summed E-state index contributed by atoms with van der Waals surface area (Å²) in [6, 6.07) is 17.3. The van der Waals surface area contributed by atoms with Crippen LogP contribution in [0.25, 0.3) is 44.9 Å². The van der Waals surface area contributed by atoms with Crippen molar-refractivity contribution in [1.82, 2.24) is 14.6 Å². The fraction of sp³-hybridized carbons (Fsp3) is 0.0417. The molecule has 6 rings (SSSR count). The number of aryl methyl sites for hydroxylation is 1. The van der Waals surface area contributed by atoms with E-state index in [0.717, 1.165) is 16.5 Å². The number of nitro groups is 1. The van der Waals surface area contributed by atoms with E-state index < -0.39 is 4.92 Å². The minimum absolute atomic E-state index is 0.0554. The third kappa shape index (κ3) is 3.11. The van der Waals surface area contributed by atoms with Crippen LogP contribution in [0.3, 0.4) is 0 Å². The topological polar surface area (TPSA) is 117 Å². The Labute approximate surface area is 194 Å². The molecule has 4 aromatic heterocycles. The van der Waals surface area contributed by atoms with Crippen molar-refractivity contribution in [3.63, 3.8) is 0 Å². The van der Waals surface area contributed by atoms with Crippen LogP contribution in [0.15, 0.2) is 74.3 Å². The number of hydrogen-bond donors (Lipinski definition) is 0. The van der Waals surface area contributed by atoms with Crippen molar-refractivity contribution in [3.8, 4) is 22.9 Å². The maximum atomic E-state index is 12.9. The van der Waals surface area contributed by atoms with Crippen molar-refractivity contribution in [2.45, 2.75) is 6.92 Å². The average molecular weight is 470 g/mol. The van der Waals surface area contributed by atoms with E-state index in [4.69, 9.17) is 8.83 Å². The van der Waals surface area contributed by atoms with Crippen molar-refractivity contribution in [3.05, 3.63) is 97.0 Å². The number of nitro benzene ring substituents is 1. The average Bonchev–Trinajstić information content (AvgIpc) is 3.60. The Bertz CT molecular complexity index is 1840. The first-order valence-corrected chi connectivity index (χ1v) is 11.0. The number of aromatic nitrogens is 3. The highest BCUT2D eigenvalue weighted by Crippen LogP contribution is 2.32. The summed E-state index contributed by atoms with van der Waals surface area (Å²) >= 11 is 1.17. The van der Waals surface area contributed by atoms with Gasteiger partial charge in [0.05, 0.1) is 10.5 Å². The standard InChI is InChI=1S/C24H14N4O5S/c1-13-15-6-3-5-9-18(15)33-21(13)22-25-24-27(26-22)23(29)20(34-24)12-14-10-11-19(32-14)16-7-2-4-8-17(16)28(30)31/h2-12H,1H3/b20-12-. The van der Waals surface area contributed by atoms with E-state index in [-0.39, 0.29) is 11.2 Å². The van der Waals surface area contributed by atoms with E-state index >= 15 is 0 Å². The normalized spacial score (nSPS) is 12.2. The summed E-state index contributed by atoms with van der Waals surface area (Å²) in [4.78, 5) is 28.7. The van der Waals surface area contributed by atoms with Crippen molar-refractivity contribution in [2.24, 2.45) is 0 Å². The molecule has 0 bridgehead atoms. The van der Waals surface area contributed by atoms with Gasteiger partial charge in [-0.2, -0.15) is 9.50 Å². The molecule has 0 saturated carbocycles. The first-order chi connectivity index (χ1) is 16.5. The molecule has 10 heteroatoms. The summed E-state index contributed by atoms with van der Waals surface area (Å²) in [5.41, 5.74) is 1.61. The molecule has 0 radical (unpaired) electrons. The number of thiazole rings is 1. The highest BCUT2D eigenvalue weighted by molar-refractivity contribution is 7.15. The van der Waals surface area contributed by atoms with Crippen LogP contribution in [0.5, 0.6) is 0 Å². The van der Waals surface area contributed by atoms with Crippen molar-refractivity contribution in [1.29, 1.82) is 0 Å². The molecular formula is C24H14N4O5S. The molecule has 0 unspecified atom stereocenters. The quantitative estimate of drug-likeness (QED) is 0.273. The van der Waals surface area contributed by atoms with Crippen molar-refractivity contribution in [2.75, 3.05) is 0 Å². The zero-order valence-electron chi connectivity index (χ0n) is 17.6.